The molecule has 0 amide bonds. The fourth-order valence-corrected chi connectivity index (χ4v) is 5.28. The third-order valence-electron chi connectivity index (χ3n) is 5.96. The number of para-hydroxylation sites is 1. The minimum atomic E-state index is -0.639. The van der Waals surface area contributed by atoms with E-state index >= 15 is 0 Å². The van der Waals surface area contributed by atoms with Crippen molar-refractivity contribution in [3.63, 3.8) is 0 Å². The average molecular weight is 523 g/mol. The molecule has 0 unspecified atom stereocenters. The number of nitrogens with zero attached hydrogens (tertiary/aromatic N) is 2. The Morgan fingerprint density at radius 1 is 0.974 bits per heavy atom. The largest absolute Gasteiger partial charge is 0.463 e. The number of aromatic nitrogens is 1. The van der Waals surface area contributed by atoms with E-state index in [1.807, 2.05) is 103 Å². The first-order valence-corrected chi connectivity index (χ1v) is 13.1. The second-order valence-corrected chi connectivity index (χ2v) is 9.61. The van der Waals surface area contributed by atoms with Crippen LogP contribution < -0.4 is 19.6 Å². The Hall–Kier alpha value is -4.49. The van der Waals surface area contributed by atoms with Crippen molar-refractivity contribution in [2.45, 2.75) is 19.9 Å². The molecule has 0 radical (unpaired) electrons. The lowest BCUT2D eigenvalue weighted by atomic mass is 10.0. The van der Waals surface area contributed by atoms with E-state index in [1.54, 1.807) is 18.4 Å². The van der Waals surface area contributed by atoms with Gasteiger partial charge in [-0.1, -0.05) is 84.2 Å². The van der Waals surface area contributed by atoms with Crippen LogP contribution in [0.15, 0.2) is 112 Å². The Labute approximate surface area is 224 Å². The van der Waals surface area contributed by atoms with Gasteiger partial charge in [-0.25, -0.2) is 9.79 Å². The molecule has 1 aliphatic heterocycles. The zero-order valence-corrected chi connectivity index (χ0v) is 21.9. The van der Waals surface area contributed by atoms with Gasteiger partial charge in [0.25, 0.3) is 5.56 Å². The Morgan fingerprint density at radius 2 is 1.66 bits per heavy atom. The maximum Gasteiger partial charge on any atom is 0.338 e. The van der Waals surface area contributed by atoms with Crippen LogP contribution in [0.4, 0.5) is 0 Å². The van der Waals surface area contributed by atoms with Crippen LogP contribution in [0.2, 0.25) is 0 Å². The Bertz CT molecular complexity index is 1700. The number of thiazole rings is 1. The third kappa shape index (κ3) is 5.43. The maximum atomic E-state index is 13.7. The van der Waals surface area contributed by atoms with Crippen molar-refractivity contribution in [2.75, 3.05) is 6.61 Å². The van der Waals surface area contributed by atoms with Gasteiger partial charge < -0.3 is 9.47 Å². The predicted octanol–water partition coefficient (Wildman–Crippen LogP) is 5.26. The van der Waals surface area contributed by atoms with Gasteiger partial charge in [0.2, 0.25) is 0 Å². The zero-order valence-electron chi connectivity index (χ0n) is 21.0. The summed E-state index contributed by atoms with van der Waals surface area (Å²) in [6, 6.07) is 26.2. The van der Waals surface area contributed by atoms with Gasteiger partial charge in [-0.15, -0.1) is 0 Å². The van der Waals surface area contributed by atoms with Gasteiger partial charge in [0.05, 0.1) is 28.5 Å². The number of fused-ring (bicyclic) bond motifs is 1. The number of carbonyl (C=O) groups is 1. The summed E-state index contributed by atoms with van der Waals surface area (Å²) >= 11 is 1.29. The van der Waals surface area contributed by atoms with E-state index < -0.39 is 12.0 Å². The monoisotopic (exact) mass is 522 g/mol. The molecule has 1 aromatic heterocycles. The smallest absolute Gasteiger partial charge is 0.338 e. The van der Waals surface area contributed by atoms with E-state index in [9.17, 15) is 9.59 Å². The van der Waals surface area contributed by atoms with Crippen LogP contribution in [0, 0.1) is 0 Å². The van der Waals surface area contributed by atoms with Crippen LogP contribution in [0.3, 0.4) is 0 Å². The molecule has 0 spiro atoms. The van der Waals surface area contributed by atoms with E-state index in [0.717, 1.165) is 16.9 Å². The number of ether oxygens (including phenoxy) is 2. The maximum absolute atomic E-state index is 13.7. The number of esters is 1. The molecule has 0 bridgehead atoms. The van der Waals surface area contributed by atoms with Gasteiger partial charge in [-0.05, 0) is 55.3 Å². The van der Waals surface area contributed by atoms with Crippen LogP contribution in [0.5, 0.6) is 11.5 Å². The van der Waals surface area contributed by atoms with E-state index in [4.69, 9.17) is 9.47 Å². The summed E-state index contributed by atoms with van der Waals surface area (Å²) in [7, 11) is 0. The summed E-state index contributed by atoms with van der Waals surface area (Å²) < 4.78 is 13.4. The summed E-state index contributed by atoms with van der Waals surface area (Å²) in [4.78, 5) is 31.8. The molecule has 0 saturated heterocycles. The van der Waals surface area contributed by atoms with Crippen LogP contribution in [-0.2, 0) is 9.53 Å². The first-order valence-electron chi connectivity index (χ1n) is 12.3. The first kappa shape index (κ1) is 25.2. The van der Waals surface area contributed by atoms with Crippen molar-refractivity contribution in [1.82, 2.24) is 4.57 Å². The quantitative estimate of drug-likeness (QED) is 0.311. The van der Waals surface area contributed by atoms with Crippen molar-refractivity contribution in [3.05, 3.63) is 133 Å². The lowest BCUT2D eigenvalue weighted by molar-refractivity contribution is -0.139. The Balaban J connectivity index is 1.57. The number of rotatable bonds is 7. The zero-order chi connectivity index (χ0) is 26.5. The molecule has 1 atom stereocenters. The van der Waals surface area contributed by atoms with Gasteiger partial charge in [0, 0.05) is 0 Å². The lowest BCUT2D eigenvalue weighted by Gasteiger charge is -2.21. The highest BCUT2D eigenvalue weighted by molar-refractivity contribution is 7.07. The van der Waals surface area contributed by atoms with Gasteiger partial charge in [0.1, 0.15) is 11.5 Å². The number of allylic oxidation sites excluding steroid dienone is 2. The number of hydrogen-bond acceptors (Lipinski definition) is 6. The second kappa shape index (κ2) is 11.3. The van der Waals surface area contributed by atoms with Gasteiger partial charge in [-0.3, -0.25) is 9.36 Å². The number of benzene rings is 3. The van der Waals surface area contributed by atoms with Crippen molar-refractivity contribution >= 4 is 29.5 Å². The van der Waals surface area contributed by atoms with E-state index in [1.165, 1.54) is 11.3 Å². The standard InChI is InChI=1S/C31H26N2O4S/c1-3-36-30(35)28-21(2)32-31-33(26(28)18-17-22-11-6-4-7-12-22)29(34)27(38-31)20-23-13-10-16-25(19-23)37-24-14-8-5-9-15-24/h4-20,26H,3H2,1-2H3/b18-17+,27-20+/t26-/m1/s1. The van der Waals surface area contributed by atoms with E-state index in [-0.39, 0.29) is 12.2 Å². The third-order valence-corrected chi connectivity index (χ3v) is 6.95. The summed E-state index contributed by atoms with van der Waals surface area (Å²) in [5.41, 5.74) is 2.46. The topological polar surface area (TPSA) is 69.9 Å². The SMILES string of the molecule is CCOC(=O)C1=C(C)N=c2s/c(=C/c3cccc(Oc4ccccc4)c3)c(=O)n2[C@@H]1/C=C/c1ccccc1. The fraction of sp³-hybridized carbons (Fsp3) is 0.129. The molecule has 5 rings (SSSR count). The molecule has 38 heavy (non-hydrogen) atoms. The molecule has 4 aromatic rings. The number of hydrogen-bond donors (Lipinski definition) is 0. The highest BCUT2D eigenvalue weighted by atomic mass is 32.1. The molecule has 3 aromatic carbocycles. The van der Waals surface area contributed by atoms with Crippen LogP contribution in [0.1, 0.15) is 31.0 Å². The van der Waals surface area contributed by atoms with Crippen LogP contribution >= 0.6 is 11.3 Å². The van der Waals surface area contributed by atoms with Gasteiger partial charge >= 0.3 is 5.97 Å². The van der Waals surface area contributed by atoms with Crippen LogP contribution in [-0.4, -0.2) is 17.1 Å². The molecular weight excluding hydrogens is 496 g/mol. The minimum absolute atomic E-state index is 0.222. The number of carbonyl (C=O) groups excluding carboxylic acids is 1. The molecule has 0 N–H and O–H groups in total. The van der Waals surface area contributed by atoms with Gasteiger partial charge in [-0.2, -0.15) is 0 Å². The summed E-state index contributed by atoms with van der Waals surface area (Å²) in [6.45, 7) is 3.76. The average Bonchev–Trinajstić information content (AvgIpc) is 3.22. The summed E-state index contributed by atoms with van der Waals surface area (Å²) in [5, 5.41) is 0. The molecule has 0 fully saturated rings. The molecule has 1 aliphatic rings. The summed E-state index contributed by atoms with van der Waals surface area (Å²) in [6.07, 6.45) is 5.59. The second-order valence-electron chi connectivity index (χ2n) is 8.60. The molecule has 0 saturated carbocycles. The minimum Gasteiger partial charge on any atom is -0.463 e. The Morgan fingerprint density at radius 3 is 2.39 bits per heavy atom. The molecular formula is C31H26N2O4S. The molecule has 0 aliphatic carbocycles. The summed E-state index contributed by atoms with van der Waals surface area (Å²) in [5.74, 6) is 0.925. The molecule has 6 nitrogen and oxygen atoms in total. The van der Waals surface area contributed by atoms with E-state index in [0.29, 0.717) is 26.4 Å². The van der Waals surface area contributed by atoms with Crippen molar-refractivity contribution in [3.8, 4) is 11.5 Å². The molecule has 7 heteroatoms. The van der Waals surface area contributed by atoms with Crippen LogP contribution in [0.25, 0.3) is 12.2 Å². The van der Waals surface area contributed by atoms with E-state index in [2.05, 4.69) is 4.99 Å². The fourth-order valence-electron chi connectivity index (χ4n) is 4.23. The highest BCUT2D eigenvalue weighted by Crippen LogP contribution is 2.27. The van der Waals surface area contributed by atoms with Crippen molar-refractivity contribution in [2.24, 2.45) is 4.99 Å². The highest BCUT2D eigenvalue weighted by Gasteiger charge is 2.30. The molecule has 190 valence electrons. The molecule has 2 heterocycles. The normalized spacial score (nSPS) is 15.3. The van der Waals surface area contributed by atoms with Gasteiger partial charge in [0.15, 0.2) is 4.80 Å². The predicted molar refractivity (Wildman–Crippen MR) is 150 cm³/mol. The lowest BCUT2D eigenvalue weighted by Crippen LogP contribution is -2.38. The van der Waals surface area contributed by atoms with Crippen molar-refractivity contribution in [1.29, 1.82) is 0 Å². The first-order chi connectivity index (χ1) is 18.5. The Kier molecular flexibility index (Phi) is 7.47. The van der Waals surface area contributed by atoms with Crippen molar-refractivity contribution < 1.29 is 14.3 Å².